The molecule has 1 aromatic heterocycles. The van der Waals surface area contributed by atoms with Gasteiger partial charge in [-0.25, -0.2) is 0 Å². The highest BCUT2D eigenvalue weighted by molar-refractivity contribution is 5.00. The molecule has 1 aromatic rings. The Bertz CT molecular complexity index is 285. The minimum atomic E-state index is 0.263. The molecule has 2 rings (SSSR count). The van der Waals surface area contributed by atoms with Gasteiger partial charge in [-0.05, 0) is 19.3 Å². The number of hydrogen-bond donors (Lipinski definition) is 1. The lowest BCUT2D eigenvalue weighted by atomic mass is 10.1. The van der Waals surface area contributed by atoms with Gasteiger partial charge in [0, 0.05) is 37.8 Å². The number of hydrogen-bond acceptors (Lipinski definition) is 4. The van der Waals surface area contributed by atoms with Crippen LogP contribution >= 0.6 is 0 Å². The Morgan fingerprint density at radius 2 is 2.53 bits per heavy atom. The Morgan fingerprint density at radius 3 is 3.20 bits per heavy atom. The van der Waals surface area contributed by atoms with Crippen molar-refractivity contribution >= 4 is 0 Å². The van der Waals surface area contributed by atoms with Gasteiger partial charge in [-0.3, -0.25) is 9.97 Å². The zero-order chi connectivity index (χ0) is 10.5. The Kier molecular flexibility index (Phi) is 3.64. The molecule has 4 nitrogen and oxygen atoms in total. The first kappa shape index (κ1) is 10.5. The number of nitrogens with one attached hydrogen (secondary N) is 1. The highest BCUT2D eigenvalue weighted by Crippen LogP contribution is 2.13. The van der Waals surface area contributed by atoms with Crippen molar-refractivity contribution in [3.05, 3.63) is 24.3 Å². The summed E-state index contributed by atoms with van der Waals surface area (Å²) in [5, 5.41) is 3.46. The molecular weight excluding hydrogens is 190 g/mol. The summed E-state index contributed by atoms with van der Waals surface area (Å²) >= 11 is 0. The summed E-state index contributed by atoms with van der Waals surface area (Å²) in [5.74, 6) is 0.657. The van der Waals surface area contributed by atoms with E-state index in [9.17, 15) is 0 Å². The van der Waals surface area contributed by atoms with Crippen molar-refractivity contribution < 1.29 is 4.74 Å². The van der Waals surface area contributed by atoms with Crippen LogP contribution in [-0.4, -0.2) is 29.7 Å². The molecule has 0 bridgehead atoms. The van der Waals surface area contributed by atoms with Gasteiger partial charge in [0.25, 0.3) is 0 Å². The number of aromatic nitrogens is 2. The van der Waals surface area contributed by atoms with Gasteiger partial charge in [0.2, 0.25) is 0 Å². The maximum Gasteiger partial charge on any atom is 0.0753 e. The molecule has 82 valence electrons. The molecule has 4 heteroatoms. The van der Waals surface area contributed by atoms with Crippen LogP contribution in [0, 0.1) is 5.92 Å². The molecule has 0 amide bonds. The van der Waals surface area contributed by atoms with Crippen molar-refractivity contribution in [2.45, 2.75) is 19.4 Å². The maximum absolute atomic E-state index is 5.33. The van der Waals surface area contributed by atoms with Crippen molar-refractivity contribution in [1.82, 2.24) is 15.3 Å². The molecule has 1 N–H and O–H groups in total. The second kappa shape index (κ2) is 5.19. The molecular formula is C11H17N3O. The second-order valence-electron chi connectivity index (χ2n) is 3.99. The van der Waals surface area contributed by atoms with Gasteiger partial charge in [0.05, 0.1) is 12.3 Å². The average molecular weight is 207 g/mol. The van der Waals surface area contributed by atoms with Gasteiger partial charge < -0.3 is 10.1 Å². The van der Waals surface area contributed by atoms with E-state index >= 15 is 0 Å². The summed E-state index contributed by atoms with van der Waals surface area (Å²) in [6.45, 7) is 4.91. The van der Waals surface area contributed by atoms with E-state index in [1.807, 2.05) is 6.20 Å². The molecule has 0 spiro atoms. The monoisotopic (exact) mass is 207 g/mol. The summed E-state index contributed by atoms with van der Waals surface area (Å²) in [7, 11) is 0. The van der Waals surface area contributed by atoms with Gasteiger partial charge in [-0.1, -0.05) is 0 Å². The summed E-state index contributed by atoms with van der Waals surface area (Å²) in [5.41, 5.74) is 0.997. The Balaban J connectivity index is 1.79. The average Bonchev–Trinajstić information content (AvgIpc) is 2.80. The summed E-state index contributed by atoms with van der Waals surface area (Å²) in [4.78, 5) is 8.33. The quantitative estimate of drug-likeness (QED) is 0.805. The van der Waals surface area contributed by atoms with Crippen LogP contribution in [0.5, 0.6) is 0 Å². The predicted molar refractivity (Wildman–Crippen MR) is 57.4 cm³/mol. The van der Waals surface area contributed by atoms with Gasteiger partial charge in [-0.15, -0.1) is 0 Å². The third-order valence-electron chi connectivity index (χ3n) is 2.76. The zero-order valence-electron chi connectivity index (χ0n) is 9.02. The standard InChI is InChI=1S/C11H17N3O/c1-9(11-7-12-3-4-13-11)14-6-10-2-5-15-8-10/h3-4,7,9-10,14H,2,5-6,8H2,1H3. The van der Waals surface area contributed by atoms with E-state index in [4.69, 9.17) is 4.74 Å². The van der Waals surface area contributed by atoms with Crippen LogP contribution in [-0.2, 0) is 4.74 Å². The Hall–Kier alpha value is -1.00. The van der Waals surface area contributed by atoms with Gasteiger partial charge in [0.15, 0.2) is 0 Å². The van der Waals surface area contributed by atoms with E-state index in [-0.39, 0.29) is 6.04 Å². The summed E-state index contributed by atoms with van der Waals surface area (Å²) in [6, 6.07) is 0.263. The molecule has 2 unspecified atom stereocenters. The van der Waals surface area contributed by atoms with E-state index in [2.05, 4.69) is 22.2 Å². The zero-order valence-corrected chi connectivity index (χ0v) is 9.02. The minimum Gasteiger partial charge on any atom is -0.381 e. The molecule has 0 radical (unpaired) electrons. The van der Waals surface area contributed by atoms with Gasteiger partial charge in [0.1, 0.15) is 0 Å². The fourth-order valence-corrected chi connectivity index (χ4v) is 1.73. The Morgan fingerprint density at radius 1 is 1.60 bits per heavy atom. The van der Waals surface area contributed by atoms with Gasteiger partial charge in [-0.2, -0.15) is 0 Å². The predicted octanol–water partition coefficient (Wildman–Crippen LogP) is 1.16. The van der Waals surface area contributed by atoms with Gasteiger partial charge >= 0.3 is 0 Å². The largest absolute Gasteiger partial charge is 0.381 e. The van der Waals surface area contributed by atoms with Crippen molar-refractivity contribution in [1.29, 1.82) is 0 Å². The van der Waals surface area contributed by atoms with Crippen molar-refractivity contribution in [2.75, 3.05) is 19.8 Å². The second-order valence-corrected chi connectivity index (χ2v) is 3.99. The van der Waals surface area contributed by atoms with Crippen LogP contribution in [0.3, 0.4) is 0 Å². The van der Waals surface area contributed by atoms with E-state index < -0.39 is 0 Å². The molecule has 1 aliphatic rings. The fourth-order valence-electron chi connectivity index (χ4n) is 1.73. The topological polar surface area (TPSA) is 47.0 Å². The highest BCUT2D eigenvalue weighted by atomic mass is 16.5. The first-order valence-electron chi connectivity index (χ1n) is 5.43. The Labute approximate surface area is 90.1 Å². The first-order valence-corrected chi connectivity index (χ1v) is 5.43. The molecule has 0 aromatic carbocycles. The van der Waals surface area contributed by atoms with Crippen LogP contribution < -0.4 is 5.32 Å². The van der Waals surface area contributed by atoms with Crippen molar-refractivity contribution in [3.8, 4) is 0 Å². The van der Waals surface area contributed by atoms with Crippen LogP contribution in [0.15, 0.2) is 18.6 Å². The smallest absolute Gasteiger partial charge is 0.0753 e. The van der Waals surface area contributed by atoms with Crippen molar-refractivity contribution in [3.63, 3.8) is 0 Å². The summed E-state index contributed by atoms with van der Waals surface area (Å²) in [6.07, 6.45) is 6.40. The number of ether oxygens (including phenoxy) is 1. The van der Waals surface area contributed by atoms with E-state index in [1.165, 1.54) is 6.42 Å². The van der Waals surface area contributed by atoms with Crippen LogP contribution in [0.25, 0.3) is 0 Å². The molecule has 1 fully saturated rings. The molecule has 15 heavy (non-hydrogen) atoms. The lowest BCUT2D eigenvalue weighted by Crippen LogP contribution is -2.26. The first-order chi connectivity index (χ1) is 7.36. The van der Waals surface area contributed by atoms with Crippen LogP contribution in [0.2, 0.25) is 0 Å². The molecule has 1 saturated heterocycles. The molecule has 0 aliphatic carbocycles. The lowest BCUT2D eigenvalue weighted by Gasteiger charge is -2.15. The van der Waals surface area contributed by atoms with Crippen LogP contribution in [0.1, 0.15) is 25.1 Å². The fraction of sp³-hybridized carbons (Fsp3) is 0.636. The van der Waals surface area contributed by atoms with E-state index in [0.29, 0.717) is 5.92 Å². The highest BCUT2D eigenvalue weighted by Gasteiger charge is 2.16. The molecule has 2 atom stereocenters. The molecule has 1 aliphatic heterocycles. The minimum absolute atomic E-state index is 0.263. The van der Waals surface area contributed by atoms with E-state index in [0.717, 1.165) is 25.5 Å². The third kappa shape index (κ3) is 2.97. The SMILES string of the molecule is CC(NCC1CCOC1)c1cnccn1. The molecule has 2 heterocycles. The third-order valence-corrected chi connectivity index (χ3v) is 2.76. The molecule has 0 saturated carbocycles. The maximum atomic E-state index is 5.33. The van der Waals surface area contributed by atoms with Crippen LogP contribution in [0.4, 0.5) is 0 Å². The lowest BCUT2D eigenvalue weighted by molar-refractivity contribution is 0.184. The summed E-state index contributed by atoms with van der Waals surface area (Å²) < 4.78 is 5.33. The number of nitrogens with zero attached hydrogens (tertiary/aromatic N) is 2. The number of rotatable bonds is 4. The van der Waals surface area contributed by atoms with Crippen molar-refractivity contribution in [2.24, 2.45) is 5.92 Å². The normalized spacial score (nSPS) is 22.9. The van der Waals surface area contributed by atoms with E-state index in [1.54, 1.807) is 12.4 Å².